The molecule has 0 aliphatic rings. The summed E-state index contributed by atoms with van der Waals surface area (Å²) in [5.74, 6) is -0.492. The van der Waals surface area contributed by atoms with E-state index in [2.05, 4.69) is 4.99 Å². The standard InChI is InChI=1S/C13H9FN2O3/c14-10-1-3-11(4-2-10)15-8-9-7-12(16(18)19)5-6-13(9)17/h1-8,17H/b15-8+. The van der Waals surface area contributed by atoms with Gasteiger partial charge in [0.1, 0.15) is 11.6 Å². The van der Waals surface area contributed by atoms with Gasteiger partial charge < -0.3 is 5.11 Å². The largest absolute Gasteiger partial charge is 0.507 e. The molecule has 96 valence electrons. The maximum absolute atomic E-state index is 12.7. The fourth-order valence-corrected chi connectivity index (χ4v) is 1.43. The van der Waals surface area contributed by atoms with Crippen molar-refractivity contribution >= 4 is 17.6 Å². The Morgan fingerprint density at radius 1 is 1.21 bits per heavy atom. The van der Waals surface area contributed by atoms with E-state index in [1.165, 1.54) is 48.7 Å². The lowest BCUT2D eigenvalue weighted by molar-refractivity contribution is -0.384. The fourth-order valence-electron chi connectivity index (χ4n) is 1.43. The number of nitro benzene ring substituents is 1. The van der Waals surface area contributed by atoms with Crippen molar-refractivity contribution in [3.8, 4) is 5.75 Å². The lowest BCUT2D eigenvalue weighted by atomic mass is 10.2. The highest BCUT2D eigenvalue weighted by Gasteiger charge is 2.08. The first-order chi connectivity index (χ1) is 9.06. The molecule has 5 nitrogen and oxygen atoms in total. The van der Waals surface area contributed by atoms with Crippen molar-refractivity contribution in [1.29, 1.82) is 0 Å². The number of non-ortho nitro benzene ring substituents is 1. The van der Waals surface area contributed by atoms with Crippen molar-refractivity contribution in [3.05, 3.63) is 64.0 Å². The zero-order chi connectivity index (χ0) is 13.8. The Labute approximate surface area is 107 Å². The molecule has 0 amide bonds. The van der Waals surface area contributed by atoms with Gasteiger partial charge in [-0.1, -0.05) is 0 Å². The van der Waals surface area contributed by atoms with Crippen LogP contribution in [-0.2, 0) is 0 Å². The third-order valence-electron chi connectivity index (χ3n) is 2.40. The minimum absolute atomic E-state index is 0.114. The predicted octanol–water partition coefficient (Wildman–Crippen LogP) is 3.19. The third-order valence-corrected chi connectivity index (χ3v) is 2.40. The van der Waals surface area contributed by atoms with Crippen molar-refractivity contribution in [1.82, 2.24) is 0 Å². The molecule has 0 fully saturated rings. The number of rotatable bonds is 3. The van der Waals surface area contributed by atoms with Crippen LogP contribution in [0.25, 0.3) is 0 Å². The number of nitrogens with zero attached hydrogens (tertiary/aromatic N) is 2. The minimum Gasteiger partial charge on any atom is -0.507 e. The van der Waals surface area contributed by atoms with Crippen molar-refractivity contribution in [3.63, 3.8) is 0 Å². The molecule has 0 spiro atoms. The summed E-state index contributed by atoms with van der Waals surface area (Å²) in [5, 5.41) is 20.2. The Morgan fingerprint density at radius 3 is 2.53 bits per heavy atom. The first kappa shape index (κ1) is 12.7. The molecule has 0 radical (unpaired) electrons. The van der Waals surface area contributed by atoms with Crippen LogP contribution >= 0.6 is 0 Å². The number of hydrogen-bond donors (Lipinski definition) is 1. The van der Waals surface area contributed by atoms with Gasteiger partial charge in [-0.05, 0) is 30.3 Å². The van der Waals surface area contributed by atoms with Gasteiger partial charge in [-0.2, -0.15) is 0 Å². The van der Waals surface area contributed by atoms with Gasteiger partial charge in [-0.3, -0.25) is 15.1 Å². The zero-order valence-corrected chi connectivity index (χ0v) is 9.65. The van der Waals surface area contributed by atoms with Gasteiger partial charge in [-0.25, -0.2) is 4.39 Å². The van der Waals surface area contributed by atoms with E-state index in [1.807, 2.05) is 0 Å². The highest BCUT2D eigenvalue weighted by molar-refractivity contribution is 5.86. The van der Waals surface area contributed by atoms with Gasteiger partial charge >= 0.3 is 0 Å². The van der Waals surface area contributed by atoms with Crippen LogP contribution in [0.4, 0.5) is 15.8 Å². The zero-order valence-electron chi connectivity index (χ0n) is 9.65. The number of aromatic hydroxyl groups is 1. The first-order valence-corrected chi connectivity index (χ1v) is 5.33. The Bertz CT molecular complexity index is 639. The summed E-state index contributed by atoms with van der Waals surface area (Å²) in [6, 6.07) is 9.05. The van der Waals surface area contributed by atoms with E-state index >= 15 is 0 Å². The van der Waals surface area contributed by atoms with Crippen LogP contribution in [0.2, 0.25) is 0 Å². The molecular formula is C13H9FN2O3. The van der Waals surface area contributed by atoms with Crippen LogP contribution in [0.5, 0.6) is 5.75 Å². The normalized spacial score (nSPS) is 10.8. The maximum atomic E-state index is 12.7. The molecule has 0 saturated heterocycles. The van der Waals surface area contributed by atoms with Crippen molar-refractivity contribution in [2.45, 2.75) is 0 Å². The number of hydrogen-bond acceptors (Lipinski definition) is 4. The number of aliphatic imine (C=N–C) groups is 1. The second kappa shape index (κ2) is 5.26. The van der Waals surface area contributed by atoms with Crippen molar-refractivity contribution < 1.29 is 14.4 Å². The Hall–Kier alpha value is -2.76. The van der Waals surface area contributed by atoms with E-state index in [0.29, 0.717) is 5.69 Å². The highest BCUT2D eigenvalue weighted by atomic mass is 19.1. The lowest BCUT2D eigenvalue weighted by Crippen LogP contribution is -1.90. The first-order valence-electron chi connectivity index (χ1n) is 5.33. The van der Waals surface area contributed by atoms with Gasteiger partial charge in [0.05, 0.1) is 10.6 Å². The number of nitro groups is 1. The molecule has 0 unspecified atom stereocenters. The quantitative estimate of drug-likeness (QED) is 0.523. The minimum atomic E-state index is -0.561. The molecule has 2 aromatic carbocycles. The molecule has 1 N–H and O–H groups in total. The SMILES string of the molecule is O=[N+]([O-])c1ccc(O)c(/C=N/c2ccc(F)cc2)c1. The van der Waals surface area contributed by atoms with E-state index in [9.17, 15) is 19.6 Å². The van der Waals surface area contributed by atoms with Crippen molar-refractivity contribution in [2.24, 2.45) is 4.99 Å². The third kappa shape index (κ3) is 3.12. The highest BCUT2D eigenvalue weighted by Crippen LogP contribution is 2.22. The number of halogens is 1. The average molecular weight is 260 g/mol. The monoisotopic (exact) mass is 260 g/mol. The number of phenolic OH excluding ortho intramolecular Hbond substituents is 1. The van der Waals surface area contributed by atoms with Gasteiger partial charge in [-0.15, -0.1) is 0 Å². The summed E-state index contributed by atoms with van der Waals surface area (Å²) in [5.41, 5.74) is 0.559. The summed E-state index contributed by atoms with van der Waals surface area (Å²) >= 11 is 0. The molecule has 0 aliphatic carbocycles. The fraction of sp³-hybridized carbons (Fsp3) is 0. The molecule has 0 heterocycles. The van der Waals surface area contributed by atoms with Crippen molar-refractivity contribution in [2.75, 3.05) is 0 Å². The van der Waals surface area contributed by atoms with Crippen LogP contribution in [0.3, 0.4) is 0 Å². The Balaban J connectivity index is 2.29. The van der Waals surface area contributed by atoms with Gasteiger partial charge in [0.15, 0.2) is 0 Å². The van der Waals surface area contributed by atoms with Crippen LogP contribution in [0.15, 0.2) is 47.5 Å². The smallest absolute Gasteiger partial charge is 0.270 e. The molecule has 19 heavy (non-hydrogen) atoms. The van der Waals surface area contributed by atoms with E-state index in [0.717, 1.165) is 0 Å². The molecule has 0 bridgehead atoms. The molecule has 0 atom stereocenters. The van der Waals surface area contributed by atoms with Crippen LogP contribution in [-0.4, -0.2) is 16.2 Å². The summed E-state index contributed by atoms with van der Waals surface area (Å²) in [6.07, 6.45) is 1.29. The molecule has 0 aliphatic heterocycles. The van der Waals surface area contributed by atoms with Gasteiger partial charge in [0.25, 0.3) is 5.69 Å². The van der Waals surface area contributed by atoms with E-state index in [4.69, 9.17) is 0 Å². The summed E-state index contributed by atoms with van der Waals surface area (Å²) in [6.45, 7) is 0. The lowest BCUT2D eigenvalue weighted by Gasteiger charge is -1.98. The van der Waals surface area contributed by atoms with E-state index in [1.54, 1.807) is 0 Å². The van der Waals surface area contributed by atoms with E-state index in [-0.39, 0.29) is 22.8 Å². The molecule has 0 aromatic heterocycles. The Kier molecular flexibility index (Phi) is 3.51. The average Bonchev–Trinajstić information content (AvgIpc) is 2.39. The molecule has 0 saturated carbocycles. The van der Waals surface area contributed by atoms with Crippen LogP contribution in [0, 0.1) is 15.9 Å². The van der Waals surface area contributed by atoms with E-state index < -0.39 is 4.92 Å². The number of phenols is 1. The summed E-state index contributed by atoms with van der Waals surface area (Å²) < 4.78 is 12.7. The van der Waals surface area contributed by atoms with Crippen LogP contribution < -0.4 is 0 Å². The summed E-state index contributed by atoms with van der Waals surface area (Å²) in [7, 11) is 0. The Morgan fingerprint density at radius 2 is 1.89 bits per heavy atom. The molecule has 2 aromatic rings. The van der Waals surface area contributed by atoms with Gasteiger partial charge in [0.2, 0.25) is 0 Å². The second-order valence-electron chi connectivity index (χ2n) is 3.73. The van der Waals surface area contributed by atoms with Gasteiger partial charge in [0, 0.05) is 23.9 Å². The molecule has 2 rings (SSSR count). The predicted molar refractivity (Wildman–Crippen MR) is 68.4 cm³/mol. The molecular weight excluding hydrogens is 251 g/mol. The molecule has 6 heteroatoms. The number of benzene rings is 2. The maximum Gasteiger partial charge on any atom is 0.270 e. The summed E-state index contributed by atoms with van der Waals surface area (Å²) in [4.78, 5) is 14.1. The van der Waals surface area contributed by atoms with Crippen LogP contribution in [0.1, 0.15) is 5.56 Å². The topological polar surface area (TPSA) is 75.7 Å². The second-order valence-corrected chi connectivity index (χ2v) is 3.73.